The van der Waals surface area contributed by atoms with E-state index >= 15 is 0 Å². The molecule has 3 aromatic rings. The molecule has 0 aromatic heterocycles. The lowest BCUT2D eigenvalue weighted by atomic mass is 10.1. The molecule has 0 aliphatic rings. The van der Waals surface area contributed by atoms with Crippen LogP contribution in [0.2, 0.25) is 0 Å². The van der Waals surface area contributed by atoms with Crippen molar-refractivity contribution in [2.24, 2.45) is 0 Å². The molecule has 3 rings (SSSR count). The topological polar surface area (TPSA) is 105 Å². The molecule has 2 amide bonds. The molecule has 214 valence electrons. The molecule has 0 unspecified atom stereocenters. The second-order valence-electron chi connectivity index (χ2n) is 9.26. The summed E-state index contributed by atoms with van der Waals surface area (Å²) in [6.07, 6.45) is 0.497. The van der Waals surface area contributed by atoms with Crippen LogP contribution in [0.25, 0.3) is 0 Å². The van der Waals surface area contributed by atoms with Crippen molar-refractivity contribution in [1.82, 2.24) is 10.2 Å². The highest BCUT2D eigenvalue weighted by atomic mass is 32.2. The van der Waals surface area contributed by atoms with Gasteiger partial charge in [-0.2, -0.15) is 0 Å². The Labute approximate surface area is 236 Å². The van der Waals surface area contributed by atoms with E-state index in [1.165, 1.54) is 37.3 Å². The maximum Gasteiger partial charge on any atom is 0.264 e. The van der Waals surface area contributed by atoms with Crippen LogP contribution in [0.4, 0.5) is 5.69 Å². The van der Waals surface area contributed by atoms with E-state index in [4.69, 9.17) is 9.47 Å². The molecule has 40 heavy (non-hydrogen) atoms. The summed E-state index contributed by atoms with van der Waals surface area (Å²) in [4.78, 5) is 28.1. The third-order valence-electron chi connectivity index (χ3n) is 6.55. The first-order chi connectivity index (χ1) is 19.1. The summed E-state index contributed by atoms with van der Waals surface area (Å²) in [6.45, 7) is 5.41. The Balaban J connectivity index is 2.03. The predicted molar refractivity (Wildman–Crippen MR) is 155 cm³/mol. The van der Waals surface area contributed by atoms with Gasteiger partial charge in [-0.15, -0.1) is 0 Å². The van der Waals surface area contributed by atoms with Crippen molar-refractivity contribution in [2.75, 3.05) is 38.2 Å². The van der Waals surface area contributed by atoms with Crippen LogP contribution < -0.4 is 19.1 Å². The van der Waals surface area contributed by atoms with E-state index in [1.54, 1.807) is 38.1 Å². The van der Waals surface area contributed by atoms with Gasteiger partial charge in [0, 0.05) is 19.2 Å². The number of sulfonamides is 1. The third kappa shape index (κ3) is 7.32. The van der Waals surface area contributed by atoms with E-state index in [9.17, 15) is 18.0 Å². The number of methoxy groups -OCH3 is 2. The summed E-state index contributed by atoms with van der Waals surface area (Å²) < 4.78 is 39.7. The van der Waals surface area contributed by atoms with E-state index in [0.717, 1.165) is 15.4 Å². The molecule has 1 N–H and O–H groups in total. The molecular weight excluding hydrogens is 530 g/mol. The number of benzene rings is 3. The van der Waals surface area contributed by atoms with Crippen molar-refractivity contribution in [3.05, 3.63) is 83.9 Å². The number of ether oxygens (including phenoxy) is 2. The van der Waals surface area contributed by atoms with Crippen LogP contribution in [0.15, 0.2) is 77.7 Å². The van der Waals surface area contributed by atoms with Crippen molar-refractivity contribution in [3.8, 4) is 11.5 Å². The van der Waals surface area contributed by atoms with Gasteiger partial charge in [0.1, 0.15) is 12.6 Å². The standard InChI is InChI=1S/C30H37N3O6S/c1-6-31-30(35)23(3)32(19-18-24-10-8-7-9-11-24)29(34)21-33(25-14-17-27(38-4)28(20-25)39-5)40(36,37)26-15-12-22(2)13-16-26/h7-17,20,23H,6,18-19,21H2,1-5H3,(H,31,35)/t23-/m1/s1. The van der Waals surface area contributed by atoms with Gasteiger partial charge in [-0.1, -0.05) is 48.0 Å². The lowest BCUT2D eigenvalue weighted by Gasteiger charge is -2.32. The minimum Gasteiger partial charge on any atom is -0.493 e. The van der Waals surface area contributed by atoms with E-state index in [2.05, 4.69) is 5.32 Å². The van der Waals surface area contributed by atoms with Gasteiger partial charge in [0.15, 0.2) is 11.5 Å². The van der Waals surface area contributed by atoms with Gasteiger partial charge < -0.3 is 19.7 Å². The van der Waals surface area contributed by atoms with Crippen molar-refractivity contribution in [3.63, 3.8) is 0 Å². The molecular formula is C30H37N3O6S. The molecule has 0 heterocycles. The van der Waals surface area contributed by atoms with Gasteiger partial charge in [0.05, 0.1) is 24.8 Å². The highest BCUT2D eigenvalue weighted by Crippen LogP contribution is 2.34. The maximum atomic E-state index is 13.9. The molecule has 1 atom stereocenters. The fourth-order valence-corrected chi connectivity index (χ4v) is 5.64. The Morgan fingerprint density at radius 2 is 1.57 bits per heavy atom. The second-order valence-corrected chi connectivity index (χ2v) is 11.1. The zero-order chi connectivity index (χ0) is 29.3. The van der Waals surface area contributed by atoms with Gasteiger partial charge in [-0.25, -0.2) is 8.42 Å². The summed E-state index contributed by atoms with van der Waals surface area (Å²) in [7, 11) is -1.25. The molecule has 0 saturated carbocycles. The van der Waals surface area contributed by atoms with Gasteiger partial charge in [0.2, 0.25) is 11.8 Å². The van der Waals surface area contributed by atoms with Gasteiger partial charge in [-0.3, -0.25) is 13.9 Å². The average molecular weight is 568 g/mol. The number of rotatable bonds is 13. The van der Waals surface area contributed by atoms with Crippen LogP contribution in [-0.2, 0) is 26.0 Å². The molecule has 0 spiro atoms. The van der Waals surface area contributed by atoms with Crippen molar-refractivity contribution >= 4 is 27.5 Å². The van der Waals surface area contributed by atoms with Crippen LogP contribution in [0.5, 0.6) is 11.5 Å². The van der Waals surface area contributed by atoms with E-state index in [-0.39, 0.29) is 23.0 Å². The number of carbonyl (C=O) groups excluding carboxylic acids is 2. The smallest absolute Gasteiger partial charge is 0.264 e. The summed E-state index contributed by atoms with van der Waals surface area (Å²) in [5.41, 5.74) is 2.11. The number of aryl methyl sites for hydroxylation is 1. The Bertz CT molecular complexity index is 1390. The monoisotopic (exact) mass is 567 g/mol. The number of likely N-dealkylation sites (N-methyl/N-ethyl adjacent to an activating group) is 1. The molecule has 0 saturated heterocycles. The quantitative estimate of drug-likeness (QED) is 0.337. The Hall–Kier alpha value is -4.05. The number of amides is 2. The van der Waals surface area contributed by atoms with Gasteiger partial charge in [-0.05, 0) is 57.0 Å². The highest BCUT2D eigenvalue weighted by molar-refractivity contribution is 7.92. The maximum absolute atomic E-state index is 13.9. The molecule has 0 radical (unpaired) electrons. The third-order valence-corrected chi connectivity index (χ3v) is 8.33. The van der Waals surface area contributed by atoms with Crippen LogP contribution in [0.1, 0.15) is 25.0 Å². The molecule has 0 fully saturated rings. The van der Waals surface area contributed by atoms with Crippen LogP contribution in [0.3, 0.4) is 0 Å². The second kappa shape index (κ2) is 13.8. The SMILES string of the molecule is CCNC(=O)[C@@H](C)N(CCc1ccccc1)C(=O)CN(c1ccc(OC)c(OC)c1)S(=O)(=O)c1ccc(C)cc1. The number of nitrogens with zero attached hydrogens (tertiary/aromatic N) is 2. The minimum atomic E-state index is -4.18. The largest absolute Gasteiger partial charge is 0.493 e. The van der Waals surface area contributed by atoms with Crippen molar-refractivity contribution < 1.29 is 27.5 Å². The predicted octanol–water partition coefficient (Wildman–Crippen LogP) is 3.80. The van der Waals surface area contributed by atoms with Crippen LogP contribution >= 0.6 is 0 Å². The summed E-state index contributed by atoms with van der Waals surface area (Å²) >= 11 is 0. The molecule has 0 aliphatic heterocycles. The van der Waals surface area contributed by atoms with Gasteiger partial charge in [0.25, 0.3) is 10.0 Å². The number of hydrogen-bond donors (Lipinski definition) is 1. The van der Waals surface area contributed by atoms with Crippen molar-refractivity contribution in [2.45, 2.75) is 38.1 Å². The number of carbonyl (C=O) groups is 2. The van der Waals surface area contributed by atoms with Crippen molar-refractivity contribution in [1.29, 1.82) is 0 Å². The number of nitrogens with one attached hydrogen (secondary N) is 1. The molecule has 0 bridgehead atoms. The number of anilines is 1. The first kappa shape index (κ1) is 30.5. The lowest BCUT2D eigenvalue weighted by Crippen LogP contribution is -2.52. The highest BCUT2D eigenvalue weighted by Gasteiger charge is 2.32. The minimum absolute atomic E-state index is 0.0355. The Morgan fingerprint density at radius 1 is 0.925 bits per heavy atom. The fourth-order valence-electron chi connectivity index (χ4n) is 4.24. The molecule has 10 heteroatoms. The zero-order valence-electron chi connectivity index (χ0n) is 23.6. The first-order valence-electron chi connectivity index (χ1n) is 13.0. The Kier molecular flexibility index (Phi) is 10.6. The Morgan fingerprint density at radius 3 is 2.17 bits per heavy atom. The van der Waals surface area contributed by atoms with Gasteiger partial charge >= 0.3 is 0 Å². The average Bonchev–Trinajstić information content (AvgIpc) is 2.96. The van der Waals surface area contributed by atoms with E-state index in [1.807, 2.05) is 37.3 Å². The fraction of sp³-hybridized carbons (Fsp3) is 0.333. The first-order valence-corrected chi connectivity index (χ1v) is 14.5. The molecule has 3 aromatic carbocycles. The molecule has 9 nitrogen and oxygen atoms in total. The summed E-state index contributed by atoms with van der Waals surface area (Å²) in [6, 6.07) is 19.8. The molecule has 0 aliphatic carbocycles. The zero-order valence-corrected chi connectivity index (χ0v) is 24.4. The van der Waals surface area contributed by atoms with Crippen LogP contribution in [-0.4, -0.2) is 65.0 Å². The summed E-state index contributed by atoms with van der Waals surface area (Å²) in [5, 5.41) is 2.76. The lowest BCUT2D eigenvalue weighted by molar-refractivity contribution is -0.138. The van der Waals surface area contributed by atoms with E-state index < -0.39 is 28.5 Å². The number of hydrogen-bond acceptors (Lipinski definition) is 6. The van der Waals surface area contributed by atoms with Crippen LogP contribution in [0, 0.1) is 6.92 Å². The summed E-state index contributed by atoms with van der Waals surface area (Å²) in [5.74, 6) is -0.101. The van der Waals surface area contributed by atoms with E-state index in [0.29, 0.717) is 24.5 Å². The normalized spacial score (nSPS) is 11.8.